The Morgan fingerprint density at radius 1 is 0.500 bits per heavy atom. The number of rotatable bonds is 5. The molecule has 0 aromatic heterocycles. The molecule has 8 rings (SSSR count). The van der Waals surface area contributed by atoms with Gasteiger partial charge in [0.25, 0.3) is 0 Å². The second kappa shape index (κ2) is 15.7. The molecule has 2 unspecified atom stereocenters. The van der Waals surface area contributed by atoms with Gasteiger partial charge in [-0.1, -0.05) is 20.3 Å². The minimum Gasteiger partial charge on any atom is -1.00 e. The normalized spacial score (nSPS) is 15.9. The van der Waals surface area contributed by atoms with Gasteiger partial charge in [-0.2, -0.15) is 0 Å². The molecule has 2 aliphatic rings. The summed E-state index contributed by atoms with van der Waals surface area (Å²) in [6, 6.07) is 45.5. The summed E-state index contributed by atoms with van der Waals surface area (Å²) in [6.45, 7) is 11.6. The molecule has 2 atom stereocenters. The van der Waals surface area contributed by atoms with Crippen LogP contribution in [0.5, 0.6) is 0 Å². The molecular formula is C44H43Cl2SiZr. The van der Waals surface area contributed by atoms with Gasteiger partial charge in [0.15, 0.2) is 0 Å². The summed E-state index contributed by atoms with van der Waals surface area (Å²) in [4.78, 5) is 0. The molecule has 4 heteroatoms. The van der Waals surface area contributed by atoms with Crippen LogP contribution in [0.1, 0.15) is 63.6 Å². The minimum absolute atomic E-state index is 0. The van der Waals surface area contributed by atoms with E-state index in [1.807, 2.05) is 0 Å². The van der Waals surface area contributed by atoms with Gasteiger partial charge in [-0.05, 0) is 0 Å². The SMILES string of the molecule is CCC.C[SiH2][Zr+2]([CH]1C(C)=Cc2c(-c3cccc4ccccc34)cccc21)[CH]1C(C)=Cc2c(-c3cccc4ccccc34)cccc21.[Cl-].[Cl-]. The Balaban J connectivity index is 0.000000871. The Labute approximate surface area is 308 Å². The van der Waals surface area contributed by atoms with Gasteiger partial charge in [-0.3, -0.25) is 0 Å². The van der Waals surface area contributed by atoms with E-state index in [0.29, 0.717) is 7.25 Å². The predicted octanol–water partition coefficient (Wildman–Crippen LogP) is 6.12. The maximum absolute atomic E-state index is 2.62. The Kier molecular flexibility index (Phi) is 11.9. The van der Waals surface area contributed by atoms with Gasteiger partial charge in [0.05, 0.1) is 0 Å². The van der Waals surface area contributed by atoms with E-state index >= 15 is 0 Å². The largest absolute Gasteiger partial charge is 1.00 e. The molecule has 0 heterocycles. The van der Waals surface area contributed by atoms with Gasteiger partial charge in [0.2, 0.25) is 0 Å². The zero-order chi connectivity index (χ0) is 31.8. The summed E-state index contributed by atoms with van der Waals surface area (Å²) in [5.74, 6) is 0. The molecule has 0 saturated carbocycles. The molecule has 2 aliphatic carbocycles. The second-order valence-electron chi connectivity index (χ2n) is 12.9. The van der Waals surface area contributed by atoms with Crippen molar-refractivity contribution < 1.29 is 45.7 Å². The van der Waals surface area contributed by atoms with Crippen molar-refractivity contribution in [1.82, 2.24) is 0 Å². The summed E-state index contributed by atoms with van der Waals surface area (Å²) < 4.78 is 1.31. The first-order chi connectivity index (χ1) is 22.5. The van der Waals surface area contributed by atoms with E-state index in [4.69, 9.17) is 0 Å². The van der Waals surface area contributed by atoms with Crippen LogP contribution >= 0.6 is 0 Å². The third-order valence-electron chi connectivity index (χ3n) is 9.87. The van der Waals surface area contributed by atoms with Gasteiger partial charge in [0.1, 0.15) is 0 Å². The van der Waals surface area contributed by atoms with Crippen molar-refractivity contribution >= 4 is 40.3 Å². The van der Waals surface area contributed by atoms with Crippen LogP contribution in [0.4, 0.5) is 0 Å². The smallest absolute Gasteiger partial charge is 1.00 e. The first kappa shape index (κ1) is 36.3. The zero-order valence-electron chi connectivity index (χ0n) is 28.5. The molecule has 241 valence electrons. The first-order valence-electron chi connectivity index (χ1n) is 17.0. The number of halogens is 2. The van der Waals surface area contributed by atoms with Crippen LogP contribution in [0.25, 0.3) is 56.0 Å². The van der Waals surface area contributed by atoms with Crippen molar-refractivity contribution in [2.45, 2.75) is 47.9 Å². The number of hydrogen-bond donors (Lipinski definition) is 0. The zero-order valence-corrected chi connectivity index (χ0v) is 33.9. The summed E-state index contributed by atoms with van der Waals surface area (Å²) in [5.41, 5.74) is 14.9. The predicted molar refractivity (Wildman–Crippen MR) is 202 cm³/mol. The van der Waals surface area contributed by atoms with Crippen molar-refractivity contribution in [2.24, 2.45) is 0 Å². The topological polar surface area (TPSA) is 0 Å². The Morgan fingerprint density at radius 3 is 1.27 bits per heavy atom. The maximum Gasteiger partial charge on any atom is -1.00 e. The summed E-state index contributed by atoms with van der Waals surface area (Å²) in [7, 11) is 0. The molecule has 0 amide bonds. The quantitative estimate of drug-likeness (QED) is 0.186. The molecule has 48 heavy (non-hydrogen) atoms. The average Bonchev–Trinajstić information content (AvgIpc) is 3.61. The fraction of sp³-hybridized carbons (Fsp3) is 0.182. The van der Waals surface area contributed by atoms with E-state index in [0.717, 1.165) is 0 Å². The summed E-state index contributed by atoms with van der Waals surface area (Å²) in [5, 5.41) is 5.33. The average molecular weight is 762 g/mol. The number of allylic oxidation sites excluding steroid dienone is 2. The first-order valence-corrected chi connectivity index (χ1v) is 27.2. The van der Waals surface area contributed by atoms with Gasteiger partial charge >= 0.3 is 266 Å². The fourth-order valence-electron chi connectivity index (χ4n) is 8.05. The van der Waals surface area contributed by atoms with E-state index in [9.17, 15) is 0 Å². The molecule has 6 aromatic rings. The number of benzene rings is 6. The van der Waals surface area contributed by atoms with Crippen LogP contribution in [0, 0.1) is 0 Å². The van der Waals surface area contributed by atoms with Gasteiger partial charge in [-0.15, -0.1) is 0 Å². The molecule has 0 bridgehead atoms. The fourth-order valence-corrected chi connectivity index (χ4v) is 28.6. The molecule has 6 aromatic carbocycles. The van der Waals surface area contributed by atoms with Crippen molar-refractivity contribution in [3.05, 3.63) is 155 Å². The minimum atomic E-state index is -2.01. The van der Waals surface area contributed by atoms with Crippen molar-refractivity contribution in [2.75, 3.05) is 0 Å². The molecular weight excluding hydrogens is 719 g/mol. The standard InChI is InChI=1S/2C20H15.C3H8.CH5Si.2ClH.Zr/c2*1-14-12-16-8-5-11-19(20(16)13-14)18-10-4-7-15-6-2-3-9-17(15)18;1-3-2;1-2;;;/h2*2-13H,1H3;3H2,1-2H3;2H2,1H3;2*1H;/q;;;;;;+2/p-2. The summed E-state index contributed by atoms with van der Waals surface area (Å²) in [6.07, 6.45) is 6.37. The maximum atomic E-state index is 2.62. The second-order valence-corrected chi connectivity index (χ2v) is 29.4. The number of hydrogen-bond acceptors (Lipinski definition) is 0. The molecule has 0 nitrogen and oxygen atoms in total. The van der Waals surface area contributed by atoms with Gasteiger partial charge in [0, 0.05) is 0 Å². The third kappa shape index (κ3) is 6.38. The van der Waals surface area contributed by atoms with Crippen molar-refractivity contribution in [3.8, 4) is 22.3 Å². The monoisotopic (exact) mass is 759 g/mol. The third-order valence-corrected chi connectivity index (χ3v) is 28.9. The van der Waals surface area contributed by atoms with Crippen LogP contribution in [-0.2, 0) is 20.9 Å². The van der Waals surface area contributed by atoms with Crippen LogP contribution in [0.15, 0.2) is 132 Å². The molecule has 0 saturated heterocycles. The van der Waals surface area contributed by atoms with Crippen molar-refractivity contribution in [1.29, 1.82) is 0 Å². The molecule has 0 radical (unpaired) electrons. The Morgan fingerprint density at radius 2 is 0.854 bits per heavy atom. The van der Waals surface area contributed by atoms with Crippen LogP contribution in [-0.4, -0.2) is 6.65 Å². The molecule has 0 aliphatic heterocycles. The molecule has 0 fully saturated rings. The summed E-state index contributed by atoms with van der Waals surface area (Å²) >= 11 is -2.01. The number of fused-ring (bicyclic) bond motifs is 4. The van der Waals surface area contributed by atoms with Crippen LogP contribution < -0.4 is 24.8 Å². The van der Waals surface area contributed by atoms with E-state index in [1.165, 1.54) is 61.3 Å². The van der Waals surface area contributed by atoms with Gasteiger partial charge < -0.3 is 24.8 Å². The van der Waals surface area contributed by atoms with E-state index in [-0.39, 0.29) is 31.5 Å². The van der Waals surface area contributed by atoms with Crippen LogP contribution in [0.3, 0.4) is 0 Å². The Hall–Kier alpha value is -3.00. The Bertz CT molecular complexity index is 1990. The van der Waals surface area contributed by atoms with E-state index < -0.39 is 20.9 Å². The van der Waals surface area contributed by atoms with Crippen molar-refractivity contribution in [3.63, 3.8) is 0 Å². The molecule has 0 spiro atoms. The van der Waals surface area contributed by atoms with Gasteiger partial charge in [-0.25, -0.2) is 0 Å². The van der Waals surface area contributed by atoms with Crippen LogP contribution in [0.2, 0.25) is 6.55 Å². The van der Waals surface area contributed by atoms with E-state index in [1.54, 1.807) is 22.3 Å². The van der Waals surface area contributed by atoms with E-state index in [2.05, 4.69) is 168 Å². The molecule has 0 N–H and O–H groups in total.